The third kappa shape index (κ3) is 4.06. The van der Waals surface area contributed by atoms with Crippen LogP contribution in [0.5, 0.6) is 0 Å². The molecule has 0 aromatic carbocycles. The largest absolute Gasteiger partial charge is 0.365 e. The lowest BCUT2D eigenvalue weighted by Gasteiger charge is -2.06. The Balaban J connectivity index is 2.15. The summed E-state index contributed by atoms with van der Waals surface area (Å²) in [6.45, 7) is 2.11. The van der Waals surface area contributed by atoms with Crippen LogP contribution in [-0.2, 0) is 17.6 Å². The minimum atomic E-state index is -0.418. The van der Waals surface area contributed by atoms with Gasteiger partial charge < -0.3 is 11.1 Å². The van der Waals surface area contributed by atoms with Crippen molar-refractivity contribution in [1.29, 1.82) is 0 Å². The molecule has 2 amide bonds. The zero-order valence-electron chi connectivity index (χ0n) is 12.7. The minimum absolute atomic E-state index is 0.0117. The van der Waals surface area contributed by atoms with Gasteiger partial charge in [0, 0.05) is 11.3 Å². The van der Waals surface area contributed by atoms with Gasteiger partial charge in [0.15, 0.2) is 0 Å². The van der Waals surface area contributed by atoms with Gasteiger partial charge in [0.05, 0.1) is 5.56 Å². The third-order valence-electron chi connectivity index (χ3n) is 3.93. The summed E-state index contributed by atoms with van der Waals surface area (Å²) in [5.74, 6) is -0.430. The van der Waals surface area contributed by atoms with E-state index in [0.717, 1.165) is 50.5 Å². The molecule has 21 heavy (non-hydrogen) atoms. The Bertz CT molecular complexity index is 523. The van der Waals surface area contributed by atoms with Crippen molar-refractivity contribution in [2.45, 2.75) is 64.7 Å². The summed E-state index contributed by atoms with van der Waals surface area (Å²) in [6, 6.07) is 0. The molecule has 1 heterocycles. The number of hydrogen-bond donors (Lipinski definition) is 2. The molecule has 0 fully saturated rings. The average Bonchev–Trinajstić information content (AvgIpc) is 2.61. The summed E-state index contributed by atoms with van der Waals surface area (Å²) in [7, 11) is 0. The van der Waals surface area contributed by atoms with Crippen molar-refractivity contribution >= 4 is 28.2 Å². The first kappa shape index (κ1) is 16.0. The number of nitrogens with one attached hydrogen (secondary N) is 1. The van der Waals surface area contributed by atoms with Gasteiger partial charge in [0.25, 0.3) is 5.91 Å². The van der Waals surface area contributed by atoms with Crippen LogP contribution >= 0.6 is 11.3 Å². The topological polar surface area (TPSA) is 72.2 Å². The van der Waals surface area contributed by atoms with E-state index < -0.39 is 5.91 Å². The van der Waals surface area contributed by atoms with Gasteiger partial charge in [-0.25, -0.2) is 0 Å². The van der Waals surface area contributed by atoms with Crippen molar-refractivity contribution in [3.05, 3.63) is 16.0 Å². The van der Waals surface area contributed by atoms with E-state index in [1.165, 1.54) is 22.6 Å². The molecule has 2 rings (SSSR count). The minimum Gasteiger partial charge on any atom is -0.365 e. The Morgan fingerprint density at radius 2 is 1.95 bits per heavy atom. The zero-order valence-corrected chi connectivity index (χ0v) is 13.5. The number of fused-ring (bicyclic) bond motifs is 1. The fourth-order valence-electron chi connectivity index (χ4n) is 2.82. The molecule has 1 aromatic heterocycles. The molecule has 0 bridgehead atoms. The van der Waals surface area contributed by atoms with Crippen LogP contribution in [0.4, 0.5) is 5.00 Å². The number of aryl methyl sites for hydroxylation is 1. The van der Waals surface area contributed by atoms with Gasteiger partial charge in [0.2, 0.25) is 5.91 Å². The number of thiophene rings is 1. The zero-order chi connectivity index (χ0) is 15.2. The quantitative estimate of drug-likeness (QED) is 0.622. The van der Waals surface area contributed by atoms with Crippen LogP contribution in [0.3, 0.4) is 0 Å². The molecule has 0 aliphatic heterocycles. The number of anilines is 1. The predicted octanol–water partition coefficient (Wildman–Crippen LogP) is 3.63. The second kappa shape index (κ2) is 7.59. The van der Waals surface area contributed by atoms with Crippen LogP contribution in [0.1, 0.15) is 72.7 Å². The van der Waals surface area contributed by atoms with Gasteiger partial charge in [-0.3, -0.25) is 9.59 Å². The maximum atomic E-state index is 12.0. The summed E-state index contributed by atoms with van der Waals surface area (Å²) in [5, 5.41) is 3.57. The number of amides is 2. The lowest BCUT2D eigenvalue weighted by Crippen LogP contribution is -2.17. The van der Waals surface area contributed by atoms with E-state index in [0.29, 0.717) is 17.0 Å². The summed E-state index contributed by atoms with van der Waals surface area (Å²) >= 11 is 1.54. The molecule has 1 aliphatic rings. The van der Waals surface area contributed by atoms with Gasteiger partial charge in [-0.15, -0.1) is 11.3 Å². The van der Waals surface area contributed by atoms with Crippen molar-refractivity contribution in [2.24, 2.45) is 5.73 Å². The molecule has 3 N–H and O–H groups in total. The molecule has 5 heteroatoms. The molecule has 0 atom stereocenters. The van der Waals surface area contributed by atoms with Crippen LogP contribution < -0.4 is 11.1 Å². The first-order chi connectivity index (χ1) is 10.1. The highest BCUT2D eigenvalue weighted by Crippen LogP contribution is 2.37. The molecule has 0 unspecified atom stereocenters. The van der Waals surface area contributed by atoms with Crippen molar-refractivity contribution in [3.63, 3.8) is 0 Å². The molecule has 0 spiro atoms. The molecular formula is C16H24N2O2S. The van der Waals surface area contributed by atoms with Gasteiger partial charge in [-0.1, -0.05) is 26.2 Å². The van der Waals surface area contributed by atoms with Crippen molar-refractivity contribution < 1.29 is 9.59 Å². The molecule has 0 radical (unpaired) electrons. The van der Waals surface area contributed by atoms with E-state index in [-0.39, 0.29) is 5.91 Å². The first-order valence-electron chi connectivity index (χ1n) is 7.87. The Morgan fingerprint density at radius 1 is 1.19 bits per heavy atom. The fraction of sp³-hybridized carbons (Fsp3) is 0.625. The van der Waals surface area contributed by atoms with Crippen LogP contribution in [0, 0.1) is 0 Å². The molecular weight excluding hydrogens is 284 g/mol. The Hall–Kier alpha value is -1.36. The smallest absolute Gasteiger partial charge is 0.251 e. The van der Waals surface area contributed by atoms with Gasteiger partial charge in [-0.2, -0.15) is 0 Å². The highest BCUT2D eigenvalue weighted by molar-refractivity contribution is 7.17. The molecule has 4 nitrogen and oxygen atoms in total. The summed E-state index contributed by atoms with van der Waals surface area (Å²) in [5.41, 5.74) is 7.18. The van der Waals surface area contributed by atoms with Crippen LogP contribution in [0.15, 0.2) is 0 Å². The maximum Gasteiger partial charge on any atom is 0.251 e. The lowest BCUT2D eigenvalue weighted by atomic mass is 10.1. The van der Waals surface area contributed by atoms with Crippen LogP contribution in [0.2, 0.25) is 0 Å². The lowest BCUT2D eigenvalue weighted by molar-refractivity contribution is -0.116. The second-order valence-electron chi connectivity index (χ2n) is 5.64. The number of primary amides is 1. The highest BCUT2D eigenvalue weighted by Gasteiger charge is 2.23. The van der Waals surface area contributed by atoms with Crippen LogP contribution in [-0.4, -0.2) is 11.8 Å². The number of hydrogen-bond acceptors (Lipinski definition) is 3. The van der Waals surface area contributed by atoms with E-state index in [4.69, 9.17) is 5.73 Å². The third-order valence-corrected chi connectivity index (χ3v) is 5.14. The fourth-order valence-corrected chi connectivity index (χ4v) is 4.13. The van der Waals surface area contributed by atoms with Crippen molar-refractivity contribution in [1.82, 2.24) is 0 Å². The van der Waals surface area contributed by atoms with Crippen molar-refractivity contribution in [3.8, 4) is 0 Å². The number of carbonyl (C=O) groups excluding carboxylic acids is 2. The second-order valence-corrected chi connectivity index (χ2v) is 6.74. The van der Waals surface area contributed by atoms with Crippen molar-refractivity contribution in [2.75, 3.05) is 5.32 Å². The molecule has 0 saturated heterocycles. The molecule has 1 aliphatic carbocycles. The van der Waals surface area contributed by atoms with Crippen LogP contribution in [0.25, 0.3) is 0 Å². The van der Waals surface area contributed by atoms with Gasteiger partial charge in [-0.05, 0) is 37.7 Å². The summed E-state index contributed by atoms with van der Waals surface area (Å²) < 4.78 is 0. The Morgan fingerprint density at radius 3 is 2.67 bits per heavy atom. The number of carbonyl (C=O) groups is 2. The molecule has 0 saturated carbocycles. The van der Waals surface area contributed by atoms with E-state index >= 15 is 0 Å². The normalized spacial score (nSPS) is 14.3. The monoisotopic (exact) mass is 308 g/mol. The van der Waals surface area contributed by atoms with E-state index in [2.05, 4.69) is 12.2 Å². The summed E-state index contributed by atoms with van der Waals surface area (Å²) in [4.78, 5) is 25.0. The van der Waals surface area contributed by atoms with Gasteiger partial charge in [0.1, 0.15) is 5.00 Å². The van der Waals surface area contributed by atoms with Gasteiger partial charge >= 0.3 is 0 Å². The number of unbranched alkanes of at least 4 members (excludes halogenated alkanes) is 2. The SMILES string of the molecule is CCCCCC(=O)Nc1sc2c(c1C(N)=O)CCCCC2. The maximum absolute atomic E-state index is 12.0. The Kier molecular flexibility index (Phi) is 5.79. The molecule has 1 aromatic rings. The average molecular weight is 308 g/mol. The number of rotatable bonds is 6. The van der Waals surface area contributed by atoms with E-state index in [1.54, 1.807) is 0 Å². The molecule has 116 valence electrons. The standard InChI is InChI=1S/C16H24N2O2S/c1-2-3-5-10-13(19)18-16-14(15(17)20)11-8-6-4-7-9-12(11)21-16/h2-10H2,1H3,(H2,17,20)(H,18,19). The highest BCUT2D eigenvalue weighted by atomic mass is 32.1. The first-order valence-corrected chi connectivity index (χ1v) is 8.69. The number of nitrogens with two attached hydrogens (primary N) is 1. The predicted molar refractivity (Wildman–Crippen MR) is 86.9 cm³/mol. The Labute approximate surface area is 130 Å². The van der Waals surface area contributed by atoms with E-state index in [9.17, 15) is 9.59 Å². The summed E-state index contributed by atoms with van der Waals surface area (Å²) in [6.07, 6.45) is 8.86. The van der Waals surface area contributed by atoms with E-state index in [1.807, 2.05) is 0 Å².